The van der Waals surface area contributed by atoms with Crippen LogP contribution in [0, 0.1) is 17.3 Å². The van der Waals surface area contributed by atoms with Gasteiger partial charge >= 0.3 is 0 Å². The van der Waals surface area contributed by atoms with Gasteiger partial charge in [-0.1, -0.05) is 34.1 Å². The van der Waals surface area contributed by atoms with E-state index in [9.17, 15) is 0 Å². The molecule has 118 valence electrons. The number of likely N-dealkylation sites (tertiary alicyclic amines) is 1. The van der Waals surface area contributed by atoms with Crippen LogP contribution in [0.25, 0.3) is 0 Å². The van der Waals surface area contributed by atoms with E-state index in [0.29, 0.717) is 11.5 Å². The van der Waals surface area contributed by atoms with Crippen molar-refractivity contribution in [3.8, 4) is 0 Å². The molecule has 2 heteroatoms. The normalized spacial score (nSPS) is 38.9. The highest BCUT2D eigenvalue weighted by atomic mass is 15.2. The van der Waals surface area contributed by atoms with E-state index < -0.39 is 0 Å². The number of rotatable bonds is 4. The van der Waals surface area contributed by atoms with Crippen LogP contribution in [0.15, 0.2) is 0 Å². The first kappa shape index (κ1) is 16.3. The highest BCUT2D eigenvalue weighted by Gasteiger charge is 2.39. The number of piperidine rings is 1. The Morgan fingerprint density at radius 2 is 1.90 bits per heavy atom. The minimum Gasteiger partial charge on any atom is -0.313 e. The highest BCUT2D eigenvalue weighted by molar-refractivity contribution is 4.95. The summed E-state index contributed by atoms with van der Waals surface area (Å²) in [5.74, 6) is 1.71. The van der Waals surface area contributed by atoms with Crippen molar-refractivity contribution in [1.29, 1.82) is 0 Å². The molecular weight excluding hydrogens is 244 g/mol. The molecule has 4 atom stereocenters. The lowest BCUT2D eigenvalue weighted by atomic mass is 9.67. The lowest BCUT2D eigenvalue weighted by molar-refractivity contribution is 0.0418. The van der Waals surface area contributed by atoms with Crippen molar-refractivity contribution in [2.24, 2.45) is 17.3 Å². The maximum absolute atomic E-state index is 3.81. The molecule has 1 saturated heterocycles. The summed E-state index contributed by atoms with van der Waals surface area (Å²) >= 11 is 0. The smallest absolute Gasteiger partial charge is 0.0159 e. The molecule has 1 aliphatic heterocycles. The van der Waals surface area contributed by atoms with Gasteiger partial charge in [-0.05, 0) is 62.9 Å². The van der Waals surface area contributed by atoms with Crippen LogP contribution in [0.2, 0.25) is 0 Å². The summed E-state index contributed by atoms with van der Waals surface area (Å²) < 4.78 is 0. The fourth-order valence-corrected chi connectivity index (χ4v) is 4.62. The molecule has 0 aromatic rings. The topological polar surface area (TPSA) is 15.3 Å². The zero-order valence-electron chi connectivity index (χ0n) is 14.4. The van der Waals surface area contributed by atoms with E-state index in [1.807, 2.05) is 0 Å². The van der Waals surface area contributed by atoms with Crippen LogP contribution in [0.3, 0.4) is 0 Å². The van der Waals surface area contributed by atoms with Crippen molar-refractivity contribution >= 4 is 0 Å². The summed E-state index contributed by atoms with van der Waals surface area (Å²) in [6.07, 6.45) is 7.03. The Labute approximate surface area is 126 Å². The molecule has 1 saturated carbocycles. The maximum atomic E-state index is 3.81. The molecule has 0 aromatic carbocycles. The predicted molar refractivity (Wildman–Crippen MR) is 88.0 cm³/mol. The Hall–Kier alpha value is -0.0800. The van der Waals surface area contributed by atoms with Gasteiger partial charge in [-0.25, -0.2) is 0 Å². The molecule has 0 bridgehead atoms. The summed E-state index contributed by atoms with van der Waals surface area (Å²) in [5, 5.41) is 3.81. The molecule has 1 N–H and O–H groups in total. The first-order valence-electron chi connectivity index (χ1n) is 8.93. The monoisotopic (exact) mass is 280 g/mol. The summed E-state index contributed by atoms with van der Waals surface area (Å²) in [7, 11) is 0. The lowest BCUT2D eigenvalue weighted by Gasteiger charge is -2.48. The van der Waals surface area contributed by atoms with Crippen LogP contribution in [0.4, 0.5) is 0 Å². The third-order valence-corrected chi connectivity index (χ3v) is 6.11. The summed E-state index contributed by atoms with van der Waals surface area (Å²) in [6, 6.07) is 1.47. The summed E-state index contributed by atoms with van der Waals surface area (Å²) in [5.41, 5.74) is 0.462. The van der Waals surface area contributed by atoms with Gasteiger partial charge < -0.3 is 10.2 Å². The van der Waals surface area contributed by atoms with Crippen molar-refractivity contribution in [2.45, 2.75) is 78.8 Å². The van der Waals surface area contributed by atoms with Crippen molar-refractivity contribution in [2.75, 3.05) is 19.6 Å². The molecule has 0 aromatic heterocycles. The Morgan fingerprint density at radius 3 is 2.60 bits per heavy atom. The molecule has 1 heterocycles. The van der Waals surface area contributed by atoms with Crippen molar-refractivity contribution < 1.29 is 0 Å². The molecular formula is C18H36N2. The van der Waals surface area contributed by atoms with Gasteiger partial charge in [0.1, 0.15) is 0 Å². The van der Waals surface area contributed by atoms with E-state index in [4.69, 9.17) is 0 Å². The van der Waals surface area contributed by atoms with Gasteiger partial charge in [-0.3, -0.25) is 0 Å². The van der Waals surface area contributed by atoms with Crippen LogP contribution < -0.4 is 5.32 Å². The number of hydrogen-bond donors (Lipinski definition) is 1. The molecule has 2 fully saturated rings. The van der Waals surface area contributed by atoms with E-state index in [-0.39, 0.29) is 0 Å². The molecule has 0 radical (unpaired) electrons. The third kappa shape index (κ3) is 3.57. The molecule has 0 amide bonds. The second-order valence-electron chi connectivity index (χ2n) is 8.03. The number of hydrogen-bond acceptors (Lipinski definition) is 2. The van der Waals surface area contributed by atoms with Gasteiger partial charge in [0, 0.05) is 18.6 Å². The van der Waals surface area contributed by atoms with Crippen molar-refractivity contribution in [3.05, 3.63) is 0 Å². The second kappa shape index (κ2) is 6.79. The summed E-state index contributed by atoms with van der Waals surface area (Å²) in [4.78, 5) is 2.78. The van der Waals surface area contributed by atoms with Crippen LogP contribution in [0.1, 0.15) is 66.7 Å². The van der Waals surface area contributed by atoms with Gasteiger partial charge in [-0.2, -0.15) is 0 Å². The molecule has 2 aliphatic rings. The Balaban J connectivity index is 2.02. The van der Waals surface area contributed by atoms with E-state index in [1.54, 1.807) is 0 Å². The zero-order valence-corrected chi connectivity index (χ0v) is 14.4. The lowest BCUT2D eigenvalue weighted by Crippen LogP contribution is -2.54. The second-order valence-corrected chi connectivity index (χ2v) is 8.03. The average molecular weight is 280 g/mol. The Bertz CT molecular complexity index is 300. The van der Waals surface area contributed by atoms with E-state index >= 15 is 0 Å². The van der Waals surface area contributed by atoms with Gasteiger partial charge in [0.05, 0.1) is 0 Å². The summed E-state index contributed by atoms with van der Waals surface area (Å²) in [6.45, 7) is 15.8. The number of nitrogens with one attached hydrogen (secondary N) is 1. The quantitative estimate of drug-likeness (QED) is 0.840. The molecule has 4 unspecified atom stereocenters. The third-order valence-electron chi connectivity index (χ3n) is 6.11. The average Bonchev–Trinajstić information content (AvgIpc) is 2.39. The molecule has 2 nitrogen and oxygen atoms in total. The van der Waals surface area contributed by atoms with Gasteiger partial charge in [0.25, 0.3) is 0 Å². The molecule has 1 aliphatic carbocycles. The fraction of sp³-hybridized carbons (Fsp3) is 1.00. The van der Waals surface area contributed by atoms with Crippen LogP contribution >= 0.6 is 0 Å². The van der Waals surface area contributed by atoms with Crippen molar-refractivity contribution in [1.82, 2.24) is 10.2 Å². The number of nitrogens with zero attached hydrogens (tertiary/aromatic N) is 1. The van der Waals surface area contributed by atoms with Gasteiger partial charge in [0.2, 0.25) is 0 Å². The predicted octanol–water partition coefficient (Wildman–Crippen LogP) is 3.91. The largest absolute Gasteiger partial charge is 0.313 e. The Morgan fingerprint density at radius 1 is 1.15 bits per heavy atom. The van der Waals surface area contributed by atoms with Crippen LogP contribution in [0.5, 0.6) is 0 Å². The van der Waals surface area contributed by atoms with Crippen LogP contribution in [-0.2, 0) is 0 Å². The SMILES string of the molecule is CCNC1C(CN2CCCC(C)C2C)CCCC1(C)C. The Kier molecular flexibility index (Phi) is 5.53. The molecule has 2 rings (SSSR count). The maximum Gasteiger partial charge on any atom is 0.0159 e. The molecule has 20 heavy (non-hydrogen) atoms. The first-order chi connectivity index (χ1) is 9.45. The van der Waals surface area contributed by atoms with E-state index in [1.165, 1.54) is 45.2 Å². The van der Waals surface area contributed by atoms with Crippen LogP contribution in [-0.4, -0.2) is 36.6 Å². The van der Waals surface area contributed by atoms with E-state index in [2.05, 4.69) is 44.8 Å². The minimum absolute atomic E-state index is 0.462. The van der Waals surface area contributed by atoms with Crippen molar-refractivity contribution in [3.63, 3.8) is 0 Å². The van der Waals surface area contributed by atoms with E-state index in [0.717, 1.165) is 24.4 Å². The zero-order chi connectivity index (χ0) is 14.8. The fourth-order valence-electron chi connectivity index (χ4n) is 4.62. The van der Waals surface area contributed by atoms with Gasteiger partial charge in [0.15, 0.2) is 0 Å². The highest BCUT2D eigenvalue weighted by Crippen LogP contribution is 2.40. The standard InChI is InChI=1S/C18H36N2/c1-6-19-17-16(10-7-11-18(17,4)5)13-20-12-8-9-14(2)15(20)3/h14-17,19H,6-13H2,1-5H3. The van der Waals surface area contributed by atoms with Gasteiger partial charge in [-0.15, -0.1) is 0 Å². The minimum atomic E-state index is 0.462. The molecule has 0 spiro atoms. The first-order valence-corrected chi connectivity index (χ1v) is 8.93.